The van der Waals surface area contributed by atoms with Crippen molar-refractivity contribution in [1.82, 2.24) is 14.8 Å². The lowest BCUT2D eigenvalue weighted by Gasteiger charge is -2.09. The van der Waals surface area contributed by atoms with Gasteiger partial charge < -0.3 is 14.6 Å². The molecule has 27 heavy (non-hydrogen) atoms. The summed E-state index contributed by atoms with van der Waals surface area (Å²) in [5, 5.41) is 11.9. The van der Waals surface area contributed by atoms with Crippen LogP contribution in [0.5, 0.6) is 5.75 Å². The highest BCUT2D eigenvalue weighted by Gasteiger charge is 2.12. The van der Waals surface area contributed by atoms with Gasteiger partial charge >= 0.3 is 0 Å². The second-order valence-corrected chi connectivity index (χ2v) is 7.16. The molecule has 6 nitrogen and oxygen atoms in total. The Hall–Kier alpha value is -2.80. The van der Waals surface area contributed by atoms with Crippen LogP contribution in [0.4, 0.5) is 5.69 Å². The molecule has 0 saturated heterocycles. The highest BCUT2D eigenvalue weighted by Crippen LogP contribution is 2.20. The van der Waals surface area contributed by atoms with Crippen molar-refractivity contribution in [1.29, 1.82) is 0 Å². The van der Waals surface area contributed by atoms with Crippen LogP contribution in [0.3, 0.4) is 0 Å². The molecule has 0 aliphatic carbocycles. The molecule has 1 amide bonds. The normalized spacial score (nSPS) is 10.6. The van der Waals surface area contributed by atoms with E-state index < -0.39 is 0 Å². The fourth-order valence-electron chi connectivity index (χ4n) is 2.42. The van der Waals surface area contributed by atoms with Crippen LogP contribution < -0.4 is 10.1 Å². The molecule has 1 N–H and O–H groups in total. The summed E-state index contributed by atoms with van der Waals surface area (Å²) in [5.41, 5.74) is 3.01. The zero-order valence-electron chi connectivity index (χ0n) is 15.6. The molecule has 3 rings (SSSR count). The number of nitrogens with zero attached hydrogens (tertiary/aromatic N) is 3. The van der Waals surface area contributed by atoms with E-state index in [2.05, 4.69) is 15.5 Å². The average Bonchev–Trinajstić information content (AvgIpc) is 3.01. The Balaban J connectivity index is 1.53. The third-order valence-electron chi connectivity index (χ3n) is 4.04. The maximum Gasteiger partial charge on any atom is 0.234 e. The van der Waals surface area contributed by atoms with E-state index in [-0.39, 0.29) is 11.7 Å². The molecule has 1 aromatic heterocycles. The lowest BCUT2D eigenvalue weighted by molar-refractivity contribution is -0.113. The molecule has 0 unspecified atom stereocenters. The Morgan fingerprint density at radius 2 is 1.85 bits per heavy atom. The molecule has 1 heterocycles. The molecule has 0 bridgehead atoms. The van der Waals surface area contributed by atoms with Gasteiger partial charge in [-0.25, -0.2) is 0 Å². The fraction of sp³-hybridized carbons (Fsp3) is 0.250. The molecule has 7 heteroatoms. The largest absolute Gasteiger partial charge is 0.485 e. The zero-order valence-corrected chi connectivity index (χ0v) is 16.4. The van der Waals surface area contributed by atoms with Crippen LogP contribution in [0.15, 0.2) is 53.7 Å². The third-order valence-corrected chi connectivity index (χ3v) is 5.06. The summed E-state index contributed by atoms with van der Waals surface area (Å²) >= 11 is 1.34. The molecule has 0 spiro atoms. The smallest absolute Gasteiger partial charge is 0.234 e. The minimum Gasteiger partial charge on any atom is -0.485 e. The predicted molar refractivity (Wildman–Crippen MR) is 107 cm³/mol. The Bertz CT molecular complexity index is 922. The molecule has 0 radical (unpaired) electrons. The van der Waals surface area contributed by atoms with E-state index in [0.717, 1.165) is 22.6 Å². The van der Waals surface area contributed by atoms with E-state index in [1.54, 1.807) is 0 Å². The van der Waals surface area contributed by atoms with Crippen molar-refractivity contribution in [3.8, 4) is 5.75 Å². The van der Waals surface area contributed by atoms with Crippen LogP contribution in [0.25, 0.3) is 0 Å². The summed E-state index contributed by atoms with van der Waals surface area (Å²) in [5.74, 6) is 1.72. The average molecular weight is 382 g/mol. The number of benzene rings is 2. The minimum absolute atomic E-state index is 0.0791. The summed E-state index contributed by atoms with van der Waals surface area (Å²) in [6, 6.07) is 15.5. The van der Waals surface area contributed by atoms with Crippen LogP contribution >= 0.6 is 11.8 Å². The summed E-state index contributed by atoms with van der Waals surface area (Å²) < 4.78 is 7.67. The Morgan fingerprint density at radius 3 is 2.59 bits per heavy atom. The number of thioether (sulfide) groups is 1. The van der Waals surface area contributed by atoms with E-state index in [1.165, 1.54) is 11.8 Å². The summed E-state index contributed by atoms with van der Waals surface area (Å²) in [6.07, 6.45) is 0. The molecule has 0 aliphatic rings. The van der Waals surface area contributed by atoms with Crippen molar-refractivity contribution in [2.75, 3.05) is 11.1 Å². The van der Waals surface area contributed by atoms with E-state index in [0.29, 0.717) is 17.6 Å². The lowest BCUT2D eigenvalue weighted by atomic mass is 10.2. The SMILES string of the molecule is Cc1ccc(NC(=O)CSc2nnc(COc3ccccc3C)n2C)cc1. The van der Waals surface area contributed by atoms with Crippen molar-refractivity contribution in [3.05, 3.63) is 65.5 Å². The number of carbonyl (C=O) groups is 1. The quantitative estimate of drug-likeness (QED) is 0.631. The molecule has 3 aromatic rings. The monoisotopic (exact) mass is 382 g/mol. The third kappa shape index (κ3) is 5.10. The number of para-hydroxylation sites is 1. The summed E-state index contributed by atoms with van der Waals surface area (Å²) in [4.78, 5) is 12.1. The van der Waals surface area contributed by atoms with Gasteiger partial charge in [-0.05, 0) is 37.6 Å². The number of amides is 1. The van der Waals surface area contributed by atoms with Crippen molar-refractivity contribution in [2.45, 2.75) is 25.6 Å². The minimum atomic E-state index is -0.0791. The van der Waals surface area contributed by atoms with Gasteiger partial charge in [0.05, 0.1) is 5.75 Å². The molecular weight excluding hydrogens is 360 g/mol. The summed E-state index contributed by atoms with van der Waals surface area (Å²) in [7, 11) is 1.87. The Morgan fingerprint density at radius 1 is 1.11 bits per heavy atom. The topological polar surface area (TPSA) is 69.0 Å². The number of hydrogen-bond donors (Lipinski definition) is 1. The Labute approximate surface area is 163 Å². The molecular formula is C20H22N4O2S. The molecule has 0 atom stereocenters. The first-order chi connectivity index (χ1) is 13.0. The van der Waals surface area contributed by atoms with Crippen molar-refractivity contribution < 1.29 is 9.53 Å². The standard InChI is InChI=1S/C20H22N4O2S/c1-14-8-10-16(11-9-14)21-19(25)13-27-20-23-22-18(24(20)3)12-26-17-7-5-4-6-15(17)2/h4-11H,12-13H2,1-3H3,(H,21,25). The molecule has 0 saturated carbocycles. The second kappa shape index (κ2) is 8.73. The van der Waals surface area contributed by atoms with E-state index in [9.17, 15) is 4.79 Å². The van der Waals surface area contributed by atoms with Gasteiger partial charge in [0.2, 0.25) is 5.91 Å². The lowest BCUT2D eigenvalue weighted by Crippen LogP contribution is -2.14. The van der Waals surface area contributed by atoms with Crippen molar-refractivity contribution in [3.63, 3.8) is 0 Å². The number of aromatic nitrogens is 3. The maximum atomic E-state index is 12.1. The zero-order chi connectivity index (χ0) is 19.2. The Kier molecular flexibility index (Phi) is 6.13. The highest BCUT2D eigenvalue weighted by molar-refractivity contribution is 7.99. The predicted octanol–water partition coefficient (Wildman–Crippen LogP) is 3.74. The van der Waals surface area contributed by atoms with Crippen LogP contribution in [-0.4, -0.2) is 26.4 Å². The first-order valence-corrected chi connectivity index (χ1v) is 9.57. The molecule has 0 fully saturated rings. The van der Waals surface area contributed by atoms with Crippen LogP contribution in [0.2, 0.25) is 0 Å². The number of ether oxygens (including phenoxy) is 1. The van der Waals surface area contributed by atoms with E-state index >= 15 is 0 Å². The van der Waals surface area contributed by atoms with Crippen molar-refractivity contribution >= 4 is 23.4 Å². The number of aryl methyl sites for hydroxylation is 2. The highest BCUT2D eigenvalue weighted by atomic mass is 32.2. The fourth-order valence-corrected chi connectivity index (χ4v) is 3.15. The van der Waals surface area contributed by atoms with Gasteiger partial charge in [-0.15, -0.1) is 10.2 Å². The number of carbonyl (C=O) groups excluding carboxylic acids is 1. The number of hydrogen-bond acceptors (Lipinski definition) is 5. The van der Waals surface area contributed by atoms with Gasteiger partial charge in [0.25, 0.3) is 0 Å². The van der Waals surface area contributed by atoms with E-state index in [1.807, 2.05) is 74.0 Å². The van der Waals surface area contributed by atoms with Crippen molar-refractivity contribution in [2.24, 2.45) is 7.05 Å². The van der Waals surface area contributed by atoms with Gasteiger partial charge in [0.1, 0.15) is 12.4 Å². The molecule has 0 aliphatic heterocycles. The first-order valence-electron chi connectivity index (χ1n) is 8.59. The second-order valence-electron chi connectivity index (χ2n) is 6.21. The number of rotatable bonds is 7. The van der Waals surface area contributed by atoms with Gasteiger partial charge in [-0.2, -0.15) is 0 Å². The molecule has 2 aromatic carbocycles. The van der Waals surface area contributed by atoms with Gasteiger partial charge in [0.15, 0.2) is 11.0 Å². The number of nitrogens with one attached hydrogen (secondary N) is 1. The van der Waals surface area contributed by atoms with Gasteiger partial charge in [-0.3, -0.25) is 4.79 Å². The van der Waals surface area contributed by atoms with Crippen LogP contribution in [-0.2, 0) is 18.4 Å². The van der Waals surface area contributed by atoms with Crippen LogP contribution in [0.1, 0.15) is 17.0 Å². The molecule has 140 valence electrons. The number of anilines is 1. The van der Waals surface area contributed by atoms with Crippen LogP contribution in [0, 0.1) is 13.8 Å². The van der Waals surface area contributed by atoms with Gasteiger partial charge in [-0.1, -0.05) is 47.7 Å². The first kappa shape index (κ1) is 19.0. The van der Waals surface area contributed by atoms with Gasteiger partial charge in [0, 0.05) is 12.7 Å². The summed E-state index contributed by atoms with van der Waals surface area (Å²) in [6.45, 7) is 4.33. The van der Waals surface area contributed by atoms with E-state index in [4.69, 9.17) is 4.74 Å². The maximum absolute atomic E-state index is 12.1.